The zero-order valence-corrected chi connectivity index (χ0v) is 10.9. The molecular weight excluding hydrogens is 226 g/mol. The Balaban J connectivity index is 1.94. The van der Waals surface area contributed by atoms with Crippen molar-refractivity contribution < 1.29 is 9.84 Å². The van der Waals surface area contributed by atoms with Crippen LogP contribution < -0.4 is 4.74 Å². The number of rotatable bonds is 5. The summed E-state index contributed by atoms with van der Waals surface area (Å²) in [4.78, 5) is 2.33. The van der Waals surface area contributed by atoms with Gasteiger partial charge >= 0.3 is 0 Å². The smallest absolute Gasteiger partial charge is 0.126 e. The van der Waals surface area contributed by atoms with Crippen molar-refractivity contribution in [3.63, 3.8) is 0 Å². The molecule has 0 aromatic heterocycles. The first-order chi connectivity index (χ1) is 8.85. The molecule has 0 amide bonds. The summed E-state index contributed by atoms with van der Waals surface area (Å²) >= 11 is 0. The van der Waals surface area contributed by atoms with E-state index in [0.29, 0.717) is 6.04 Å². The number of aliphatic hydroxyl groups excluding tert-OH is 1. The Labute approximate surface area is 109 Å². The normalized spacial score (nSPS) is 20.7. The van der Waals surface area contributed by atoms with Crippen molar-refractivity contribution in [1.29, 1.82) is 0 Å². The Morgan fingerprint density at radius 3 is 3.06 bits per heavy atom. The number of methoxy groups -OCH3 is 1. The van der Waals surface area contributed by atoms with Crippen LogP contribution in [-0.4, -0.2) is 42.9 Å². The molecule has 1 aliphatic heterocycles. The van der Waals surface area contributed by atoms with Gasteiger partial charge < -0.3 is 9.84 Å². The van der Waals surface area contributed by atoms with Crippen LogP contribution in [-0.2, 0) is 0 Å². The number of benzene rings is 1. The largest absolute Gasteiger partial charge is 0.496 e. The van der Waals surface area contributed by atoms with Gasteiger partial charge in [0, 0.05) is 18.2 Å². The maximum Gasteiger partial charge on any atom is 0.126 e. The molecule has 3 nitrogen and oxygen atoms in total. The highest BCUT2D eigenvalue weighted by atomic mass is 16.5. The minimum absolute atomic E-state index is 0.266. The fourth-order valence-corrected chi connectivity index (χ4v) is 2.46. The Bertz CT molecular complexity index is 403. The Kier molecular flexibility index (Phi) is 4.79. The molecule has 0 radical (unpaired) electrons. The highest BCUT2D eigenvalue weighted by Gasteiger charge is 2.21. The van der Waals surface area contributed by atoms with E-state index in [2.05, 4.69) is 17.1 Å². The third-order valence-corrected chi connectivity index (χ3v) is 3.49. The molecule has 1 aromatic rings. The van der Waals surface area contributed by atoms with Crippen molar-refractivity contribution in [3.8, 4) is 5.75 Å². The second-order valence-electron chi connectivity index (χ2n) is 4.62. The molecule has 3 heteroatoms. The van der Waals surface area contributed by atoms with E-state index in [-0.39, 0.29) is 6.61 Å². The van der Waals surface area contributed by atoms with E-state index in [9.17, 15) is 5.11 Å². The third-order valence-electron chi connectivity index (χ3n) is 3.49. The molecule has 1 aliphatic rings. The molecule has 98 valence electrons. The monoisotopic (exact) mass is 247 g/mol. The van der Waals surface area contributed by atoms with Crippen molar-refractivity contribution in [2.45, 2.75) is 18.9 Å². The van der Waals surface area contributed by atoms with Gasteiger partial charge in [-0.2, -0.15) is 0 Å². The van der Waals surface area contributed by atoms with E-state index in [4.69, 9.17) is 4.74 Å². The third kappa shape index (κ3) is 3.12. The zero-order chi connectivity index (χ0) is 12.8. The van der Waals surface area contributed by atoms with Crippen LogP contribution in [0.1, 0.15) is 18.4 Å². The van der Waals surface area contributed by atoms with Crippen molar-refractivity contribution >= 4 is 6.08 Å². The minimum Gasteiger partial charge on any atom is -0.496 e. The quantitative estimate of drug-likeness (QED) is 0.865. The zero-order valence-electron chi connectivity index (χ0n) is 10.9. The van der Waals surface area contributed by atoms with Crippen LogP contribution in [0.4, 0.5) is 0 Å². The Morgan fingerprint density at radius 2 is 2.28 bits per heavy atom. The lowest BCUT2D eigenvalue weighted by Gasteiger charge is -2.20. The van der Waals surface area contributed by atoms with Gasteiger partial charge in [-0.25, -0.2) is 0 Å². The van der Waals surface area contributed by atoms with Crippen LogP contribution in [0.3, 0.4) is 0 Å². The summed E-state index contributed by atoms with van der Waals surface area (Å²) in [5.74, 6) is 0.897. The average Bonchev–Trinajstić information content (AvgIpc) is 2.87. The van der Waals surface area contributed by atoms with Gasteiger partial charge in [0.2, 0.25) is 0 Å². The number of likely N-dealkylation sites (tertiary alicyclic amines) is 1. The van der Waals surface area contributed by atoms with Crippen LogP contribution in [0.5, 0.6) is 5.75 Å². The van der Waals surface area contributed by atoms with Crippen molar-refractivity contribution in [1.82, 2.24) is 4.90 Å². The maximum absolute atomic E-state index is 9.25. The standard InChI is InChI=1S/C15H21NO2/c1-18-15-9-3-2-6-13(15)7-4-10-16-11-5-8-14(16)12-17/h2-4,6-7,9,14,17H,5,8,10-12H2,1H3. The van der Waals surface area contributed by atoms with Gasteiger partial charge in [0.05, 0.1) is 13.7 Å². The SMILES string of the molecule is COc1ccccc1C=CCN1CCCC1CO. The lowest BCUT2D eigenvalue weighted by Crippen LogP contribution is -2.32. The van der Waals surface area contributed by atoms with E-state index >= 15 is 0 Å². The van der Waals surface area contributed by atoms with Gasteiger partial charge in [-0.1, -0.05) is 30.4 Å². The van der Waals surface area contributed by atoms with Crippen LogP contribution in [0.2, 0.25) is 0 Å². The molecule has 1 heterocycles. The summed E-state index contributed by atoms with van der Waals surface area (Å²) in [6.07, 6.45) is 6.53. The highest BCUT2D eigenvalue weighted by molar-refractivity contribution is 5.57. The molecule has 0 spiro atoms. The van der Waals surface area contributed by atoms with Crippen molar-refractivity contribution in [3.05, 3.63) is 35.9 Å². The average molecular weight is 247 g/mol. The molecule has 1 saturated heterocycles. The summed E-state index contributed by atoms with van der Waals surface area (Å²) in [6, 6.07) is 8.33. The molecule has 0 bridgehead atoms. The minimum atomic E-state index is 0.266. The first-order valence-electron chi connectivity index (χ1n) is 6.49. The molecule has 2 rings (SSSR count). The number of ether oxygens (including phenoxy) is 1. The summed E-state index contributed by atoms with van der Waals surface area (Å²) in [5, 5.41) is 9.25. The predicted molar refractivity (Wildman–Crippen MR) is 73.7 cm³/mol. The van der Waals surface area contributed by atoms with Gasteiger partial charge in [0.1, 0.15) is 5.75 Å². The van der Waals surface area contributed by atoms with E-state index in [1.54, 1.807) is 7.11 Å². The Morgan fingerprint density at radius 1 is 1.44 bits per heavy atom. The summed E-state index contributed by atoms with van der Waals surface area (Å²) in [7, 11) is 1.69. The Hall–Kier alpha value is -1.32. The first-order valence-corrected chi connectivity index (χ1v) is 6.49. The molecule has 1 unspecified atom stereocenters. The van der Waals surface area contributed by atoms with Crippen molar-refractivity contribution in [2.24, 2.45) is 0 Å². The second-order valence-corrected chi connectivity index (χ2v) is 4.62. The van der Waals surface area contributed by atoms with Crippen LogP contribution in [0.25, 0.3) is 6.08 Å². The molecule has 1 atom stereocenters. The summed E-state index contributed by atoms with van der Waals surface area (Å²) in [6.45, 7) is 2.24. The van der Waals surface area contributed by atoms with Gasteiger partial charge in [-0.15, -0.1) is 0 Å². The highest BCUT2D eigenvalue weighted by Crippen LogP contribution is 2.20. The molecule has 0 saturated carbocycles. The van der Waals surface area contributed by atoms with Crippen LogP contribution in [0.15, 0.2) is 30.3 Å². The molecule has 18 heavy (non-hydrogen) atoms. The number of hydrogen-bond acceptors (Lipinski definition) is 3. The number of para-hydroxylation sites is 1. The predicted octanol–water partition coefficient (Wildman–Crippen LogP) is 2.17. The maximum atomic E-state index is 9.25. The first kappa shape index (κ1) is 13.1. The topological polar surface area (TPSA) is 32.7 Å². The van der Waals surface area contributed by atoms with E-state index in [1.807, 2.05) is 24.3 Å². The lowest BCUT2D eigenvalue weighted by molar-refractivity contribution is 0.170. The van der Waals surface area contributed by atoms with Gasteiger partial charge in [-0.05, 0) is 25.5 Å². The van der Waals surface area contributed by atoms with Gasteiger partial charge in [0.15, 0.2) is 0 Å². The number of nitrogens with zero attached hydrogens (tertiary/aromatic N) is 1. The van der Waals surface area contributed by atoms with Crippen LogP contribution in [0, 0.1) is 0 Å². The van der Waals surface area contributed by atoms with Crippen molar-refractivity contribution in [2.75, 3.05) is 26.8 Å². The number of aliphatic hydroxyl groups is 1. The molecule has 0 aliphatic carbocycles. The summed E-state index contributed by atoms with van der Waals surface area (Å²) < 4.78 is 5.31. The van der Waals surface area contributed by atoms with Gasteiger partial charge in [0.25, 0.3) is 0 Å². The van der Waals surface area contributed by atoms with Crippen LogP contribution >= 0.6 is 0 Å². The van der Waals surface area contributed by atoms with Gasteiger partial charge in [-0.3, -0.25) is 4.90 Å². The van der Waals surface area contributed by atoms with E-state index in [0.717, 1.165) is 30.8 Å². The molecule has 1 N–H and O–H groups in total. The second kappa shape index (κ2) is 6.57. The molecule has 1 aromatic carbocycles. The lowest BCUT2D eigenvalue weighted by atomic mass is 10.2. The van der Waals surface area contributed by atoms with E-state index < -0.39 is 0 Å². The fourth-order valence-electron chi connectivity index (χ4n) is 2.46. The fraction of sp³-hybridized carbons (Fsp3) is 0.467. The van der Waals surface area contributed by atoms with E-state index in [1.165, 1.54) is 6.42 Å². The molecular formula is C15H21NO2. The number of hydrogen-bond donors (Lipinski definition) is 1. The molecule has 1 fully saturated rings. The summed E-state index contributed by atoms with van der Waals surface area (Å²) in [5.41, 5.74) is 1.10.